The molecule has 1 aliphatic rings. The summed E-state index contributed by atoms with van der Waals surface area (Å²) in [5.74, 6) is 1.19. The summed E-state index contributed by atoms with van der Waals surface area (Å²) in [6.45, 7) is 3.77. The van der Waals surface area contributed by atoms with Gasteiger partial charge in [0.15, 0.2) is 0 Å². The van der Waals surface area contributed by atoms with Crippen molar-refractivity contribution in [3.8, 4) is 5.75 Å². The van der Waals surface area contributed by atoms with Crippen molar-refractivity contribution in [1.82, 2.24) is 19.3 Å². The molecule has 1 aliphatic heterocycles. The summed E-state index contributed by atoms with van der Waals surface area (Å²) in [7, 11) is -2.27. The third-order valence-electron chi connectivity index (χ3n) is 6.60. The number of anilines is 3. The highest BCUT2D eigenvalue weighted by atomic mass is 32.2. The van der Waals surface area contributed by atoms with E-state index in [1.807, 2.05) is 24.3 Å². The third kappa shape index (κ3) is 4.24. The quantitative estimate of drug-likeness (QED) is 0.351. The van der Waals surface area contributed by atoms with Crippen LogP contribution in [0, 0.1) is 0 Å². The number of rotatable bonds is 6. The van der Waals surface area contributed by atoms with E-state index in [1.54, 1.807) is 56.0 Å². The molecule has 0 aliphatic carbocycles. The van der Waals surface area contributed by atoms with Crippen LogP contribution in [-0.4, -0.2) is 55.6 Å². The van der Waals surface area contributed by atoms with Gasteiger partial charge in [0.25, 0.3) is 10.0 Å². The third-order valence-corrected chi connectivity index (χ3v) is 8.32. The Labute approximate surface area is 214 Å². The van der Waals surface area contributed by atoms with Crippen LogP contribution in [0.3, 0.4) is 0 Å². The molecule has 0 amide bonds. The molecule has 0 radical (unpaired) electrons. The topological polar surface area (TPSA) is 101 Å². The molecular weight excluding hydrogens is 488 g/mol. The number of para-hydroxylation sites is 1. The van der Waals surface area contributed by atoms with Gasteiger partial charge < -0.3 is 20.3 Å². The maximum absolute atomic E-state index is 13.7. The lowest BCUT2D eigenvalue weighted by atomic mass is 10.2. The monoisotopic (exact) mass is 514 g/mol. The molecule has 3 aromatic heterocycles. The van der Waals surface area contributed by atoms with Crippen molar-refractivity contribution < 1.29 is 13.2 Å². The number of aromatic nitrogens is 3. The molecule has 0 bridgehead atoms. The highest BCUT2D eigenvalue weighted by Gasteiger charge is 2.23. The molecular formula is C27H26N6O3S. The smallest absolute Gasteiger partial charge is 0.270 e. The highest BCUT2D eigenvalue weighted by Crippen LogP contribution is 2.33. The van der Waals surface area contributed by atoms with E-state index in [0.29, 0.717) is 28.0 Å². The summed E-state index contributed by atoms with van der Waals surface area (Å²) in [6.07, 6.45) is 4.81. The van der Waals surface area contributed by atoms with Crippen molar-refractivity contribution in [1.29, 1.82) is 0 Å². The number of benzene rings is 2. The van der Waals surface area contributed by atoms with Crippen LogP contribution in [0.2, 0.25) is 0 Å². The van der Waals surface area contributed by atoms with Gasteiger partial charge in [0.1, 0.15) is 16.5 Å². The molecule has 188 valence electrons. The highest BCUT2D eigenvalue weighted by molar-refractivity contribution is 7.90. The van der Waals surface area contributed by atoms with Crippen molar-refractivity contribution in [3.63, 3.8) is 0 Å². The number of methoxy groups -OCH3 is 1. The number of ether oxygens (including phenoxy) is 1. The molecule has 2 N–H and O–H groups in total. The summed E-state index contributed by atoms with van der Waals surface area (Å²) in [6, 6.07) is 18.3. The fraction of sp³-hybridized carbons (Fsp3) is 0.185. The largest absolute Gasteiger partial charge is 0.494 e. The number of hydrogen-bond donors (Lipinski definition) is 2. The molecule has 1 saturated heterocycles. The fourth-order valence-corrected chi connectivity index (χ4v) is 6.23. The predicted molar refractivity (Wildman–Crippen MR) is 145 cm³/mol. The summed E-state index contributed by atoms with van der Waals surface area (Å²) < 4.78 is 34.4. The Morgan fingerprint density at radius 3 is 2.65 bits per heavy atom. The Morgan fingerprint density at radius 1 is 0.973 bits per heavy atom. The number of nitrogens with one attached hydrogen (secondary N) is 2. The molecule has 0 spiro atoms. The van der Waals surface area contributed by atoms with Crippen molar-refractivity contribution in [2.24, 2.45) is 0 Å². The molecule has 37 heavy (non-hydrogen) atoms. The number of pyridine rings is 2. The minimum absolute atomic E-state index is 0.152. The maximum atomic E-state index is 13.7. The van der Waals surface area contributed by atoms with E-state index in [9.17, 15) is 8.42 Å². The van der Waals surface area contributed by atoms with Crippen molar-refractivity contribution in [2.45, 2.75) is 4.90 Å². The Kier molecular flexibility index (Phi) is 5.90. The zero-order valence-electron chi connectivity index (χ0n) is 20.3. The molecule has 10 heteroatoms. The van der Waals surface area contributed by atoms with Crippen LogP contribution in [0.1, 0.15) is 0 Å². The molecule has 5 aromatic rings. The SMILES string of the molecule is COc1cc(N2CCNCC2)ccc1Nc1cc2c(ccn2S(=O)(=O)c2cccc3cccnc23)cn1. The van der Waals surface area contributed by atoms with Crippen molar-refractivity contribution >= 4 is 49.0 Å². The maximum Gasteiger partial charge on any atom is 0.270 e. The van der Waals surface area contributed by atoms with Gasteiger partial charge in [-0.05, 0) is 30.3 Å². The summed E-state index contributed by atoms with van der Waals surface area (Å²) in [4.78, 5) is 11.3. The Morgan fingerprint density at radius 2 is 1.81 bits per heavy atom. The second kappa shape index (κ2) is 9.38. The molecule has 9 nitrogen and oxygen atoms in total. The molecule has 0 atom stereocenters. The van der Waals surface area contributed by atoms with E-state index in [1.165, 1.54) is 3.97 Å². The minimum atomic E-state index is -3.91. The summed E-state index contributed by atoms with van der Waals surface area (Å²) in [5, 5.41) is 8.13. The zero-order chi connectivity index (χ0) is 25.4. The zero-order valence-corrected chi connectivity index (χ0v) is 21.1. The van der Waals surface area contributed by atoms with Crippen molar-refractivity contribution in [2.75, 3.05) is 43.5 Å². The number of piperazine rings is 1. The van der Waals surface area contributed by atoms with Crippen LogP contribution in [0.4, 0.5) is 17.2 Å². The first kappa shape index (κ1) is 23.3. The molecule has 2 aromatic carbocycles. The van der Waals surface area contributed by atoms with Gasteiger partial charge >= 0.3 is 0 Å². The van der Waals surface area contributed by atoms with Crippen LogP contribution in [0.5, 0.6) is 5.75 Å². The molecule has 0 saturated carbocycles. The van der Waals surface area contributed by atoms with Crippen LogP contribution in [0.15, 0.2) is 84.1 Å². The van der Waals surface area contributed by atoms with Gasteiger partial charge in [-0.3, -0.25) is 4.98 Å². The van der Waals surface area contributed by atoms with Gasteiger partial charge in [0, 0.05) is 73.4 Å². The first-order chi connectivity index (χ1) is 18.0. The fourth-order valence-electron chi connectivity index (χ4n) is 4.71. The van der Waals surface area contributed by atoms with E-state index in [0.717, 1.165) is 42.9 Å². The second-order valence-electron chi connectivity index (χ2n) is 8.82. The van der Waals surface area contributed by atoms with Crippen LogP contribution in [-0.2, 0) is 10.0 Å². The lowest BCUT2D eigenvalue weighted by Gasteiger charge is -2.30. The average Bonchev–Trinajstić information content (AvgIpc) is 3.37. The van der Waals surface area contributed by atoms with E-state index in [4.69, 9.17) is 4.74 Å². The van der Waals surface area contributed by atoms with Crippen LogP contribution in [0.25, 0.3) is 21.8 Å². The van der Waals surface area contributed by atoms with E-state index >= 15 is 0 Å². The Hall–Kier alpha value is -4.15. The second-order valence-corrected chi connectivity index (χ2v) is 10.6. The molecule has 1 fully saturated rings. The van der Waals surface area contributed by atoms with E-state index in [2.05, 4.69) is 31.6 Å². The molecule has 4 heterocycles. The van der Waals surface area contributed by atoms with Gasteiger partial charge in [-0.1, -0.05) is 18.2 Å². The van der Waals surface area contributed by atoms with Gasteiger partial charge in [-0.25, -0.2) is 17.4 Å². The number of nitrogens with zero attached hydrogens (tertiary/aromatic N) is 4. The lowest BCUT2D eigenvalue weighted by molar-refractivity contribution is 0.416. The van der Waals surface area contributed by atoms with Crippen LogP contribution >= 0.6 is 0 Å². The number of fused-ring (bicyclic) bond motifs is 2. The summed E-state index contributed by atoms with van der Waals surface area (Å²) in [5.41, 5.74) is 2.79. The van der Waals surface area contributed by atoms with Gasteiger partial charge in [-0.15, -0.1) is 0 Å². The molecule has 0 unspecified atom stereocenters. The van der Waals surface area contributed by atoms with Crippen molar-refractivity contribution in [3.05, 3.63) is 79.3 Å². The van der Waals surface area contributed by atoms with Crippen LogP contribution < -0.4 is 20.3 Å². The number of hydrogen-bond acceptors (Lipinski definition) is 8. The van der Waals surface area contributed by atoms with Gasteiger partial charge in [0.2, 0.25) is 0 Å². The van der Waals surface area contributed by atoms with E-state index in [-0.39, 0.29) is 4.90 Å². The van der Waals surface area contributed by atoms with Gasteiger partial charge in [-0.2, -0.15) is 0 Å². The van der Waals surface area contributed by atoms with Gasteiger partial charge in [0.05, 0.1) is 23.8 Å². The van der Waals surface area contributed by atoms with E-state index < -0.39 is 10.0 Å². The predicted octanol–water partition coefficient (Wildman–Crippen LogP) is 3.98. The molecule has 6 rings (SSSR count). The Bertz CT molecular complexity index is 1710. The lowest BCUT2D eigenvalue weighted by Crippen LogP contribution is -2.43. The first-order valence-corrected chi connectivity index (χ1v) is 13.5. The normalized spacial score (nSPS) is 14.2. The standard InChI is InChI=1S/C27H26N6O3S/c1-36-24-16-21(32-14-11-28-12-15-32)7-8-22(24)31-26-17-23-20(18-30-26)9-13-33(23)37(34,35)25-6-2-4-19-5-3-10-29-27(19)25/h2-10,13,16-18,28H,11-12,14-15H2,1H3,(H,30,31). The summed E-state index contributed by atoms with van der Waals surface area (Å²) >= 11 is 0. The Balaban J connectivity index is 1.36. The minimum Gasteiger partial charge on any atom is -0.494 e. The average molecular weight is 515 g/mol. The first-order valence-electron chi connectivity index (χ1n) is 12.0.